The second-order valence-electron chi connectivity index (χ2n) is 3.78. The minimum Gasteiger partial charge on any atom is -0.256 e. The fourth-order valence-electron chi connectivity index (χ4n) is 1.78. The van der Waals surface area contributed by atoms with Gasteiger partial charge in [0.2, 0.25) is 0 Å². The van der Waals surface area contributed by atoms with Crippen LogP contribution >= 0.6 is 15.9 Å². The van der Waals surface area contributed by atoms with E-state index in [-0.39, 0.29) is 0 Å². The highest BCUT2D eigenvalue weighted by atomic mass is 79.9. The van der Waals surface area contributed by atoms with Crippen LogP contribution in [0.15, 0.2) is 59.3 Å². The van der Waals surface area contributed by atoms with E-state index >= 15 is 0 Å². The Hall–Kier alpha value is -1.74. The summed E-state index contributed by atoms with van der Waals surface area (Å²) in [5, 5.41) is 1.11. The molecule has 2 heterocycles. The molecular formula is C14H9BrN2. The largest absolute Gasteiger partial charge is 0.256 e. The van der Waals surface area contributed by atoms with Crippen molar-refractivity contribution in [2.24, 2.45) is 0 Å². The average molecular weight is 285 g/mol. The molecule has 2 aromatic heterocycles. The second-order valence-corrected chi connectivity index (χ2v) is 4.69. The quantitative estimate of drug-likeness (QED) is 0.673. The van der Waals surface area contributed by atoms with Crippen LogP contribution in [-0.4, -0.2) is 9.97 Å². The summed E-state index contributed by atoms with van der Waals surface area (Å²) in [6.45, 7) is 0. The Balaban J connectivity index is 2.19. The van der Waals surface area contributed by atoms with E-state index in [0.717, 1.165) is 26.6 Å². The molecule has 0 saturated carbocycles. The van der Waals surface area contributed by atoms with Crippen LogP contribution < -0.4 is 0 Å². The molecule has 0 radical (unpaired) electrons. The van der Waals surface area contributed by atoms with Gasteiger partial charge in [-0.3, -0.25) is 9.97 Å². The Morgan fingerprint density at radius 3 is 2.71 bits per heavy atom. The number of halogens is 1. The van der Waals surface area contributed by atoms with Crippen molar-refractivity contribution in [3.8, 4) is 11.3 Å². The standard InChI is InChI=1S/C14H9BrN2/c15-12-4-5-14-10(8-12)7-11(9-17-14)13-3-1-2-6-16-13/h1-9H. The fourth-order valence-corrected chi connectivity index (χ4v) is 2.15. The second kappa shape index (κ2) is 4.26. The number of pyridine rings is 2. The number of rotatable bonds is 1. The maximum Gasteiger partial charge on any atom is 0.0717 e. The molecule has 17 heavy (non-hydrogen) atoms. The van der Waals surface area contributed by atoms with Gasteiger partial charge >= 0.3 is 0 Å². The first-order valence-corrected chi connectivity index (χ1v) is 6.09. The van der Waals surface area contributed by atoms with Crippen LogP contribution in [0, 0.1) is 0 Å². The number of hydrogen-bond donors (Lipinski definition) is 0. The molecule has 0 fully saturated rings. The zero-order valence-corrected chi connectivity index (χ0v) is 10.6. The first-order chi connectivity index (χ1) is 8.33. The lowest BCUT2D eigenvalue weighted by molar-refractivity contribution is 1.31. The van der Waals surface area contributed by atoms with Gasteiger partial charge in [-0.2, -0.15) is 0 Å². The first kappa shape index (κ1) is 10.4. The summed E-state index contributed by atoms with van der Waals surface area (Å²) in [6, 6.07) is 14.0. The molecule has 3 heteroatoms. The third kappa shape index (κ3) is 2.06. The molecule has 0 aliphatic carbocycles. The minimum atomic E-state index is 0.946. The van der Waals surface area contributed by atoms with Crippen LogP contribution in [0.3, 0.4) is 0 Å². The summed E-state index contributed by atoms with van der Waals surface area (Å²) in [5.41, 5.74) is 2.98. The van der Waals surface area contributed by atoms with Gasteiger partial charge in [-0.15, -0.1) is 0 Å². The van der Waals surface area contributed by atoms with Crippen LogP contribution in [0.1, 0.15) is 0 Å². The van der Waals surface area contributed by atoms with E-state index in [0.29, 0.717) is 0 Å². The zero-order chi connectivity index (χ0) is 11.7. The van der Waals surface area contributed by atoms with Crippen LogP contribution in [0.2, 0.25) is 0 Å². The summed E-state index contributed by atoms with van der Waals surface area (Å²) >= 11 is 3.47. The van der Waals surface area contributed by atoms with Crippen molar-refractivity contribution in [1.82, 2.24) is 9.97 Å². The van der Waals surface area contributed by atoms with E-state index in [1.807, 2.05) is 36.5 Å². The van der Waals surface area contributed by atoms with Gasteiger partial charge in [-0.25, -0.2) is 0 Å². The van der Waals surface area contributed by atoms with Gasteiger partial charge in [0.1, 0.15) is 0 Å². The molecular weight excluding hydrogens is 276 g/mol. The number of nitrogens with zero attached hydrogens (tertiary/aromatic N) is 2. The Morgan fingerprint density at radius 2 is 1.88 bits per heavy atom. The molecule has 3 aromatic rings. The maximum absolute atomic E-state index is 4.44. The van der Waals surface area contributed by atoms with Gasteiger partial charge < -0.3 is 0 Å². The number of benzene rings is 1. The van der Waals surface area contributed by atoms with Gasteiger partial charge in [0.25, 0.3) is 0 Å². The zero-order valence-electron chi connectivity index (χ0n) is 8.97. The third-order valence-corrected chi connectivity index (χ3v) is 3.10. The fraction of sp³-hybridized carbons (Fsp3) is 0. The Morgan fingerprint density at radius 1 is 0.941 bits per heavy atom. The molecule has 1 aromatic carbocycles. The van der Waals surface area contributed by atoms with Crippen LogP contribution in [0.25, 0.3) is 22.2 Å². The van der Waals surface area contributed by atoms with Gasteiger partial charge in [-0.05, 0) is 36.4 Å². The van der Waals surface area contributed by atoms with E-state index in [1.165, 1.54) is 0 Å². The molecule has 0 unspecified atom stereocenters. The van der Waals surface area contributed by atoms with E-state index in [4.69, 9.17) is 0 Å². The first-order valence-electron chi connectivity index (χ1n) is 5.30. The van der Waals surface area contributed by atoms with Gasteiger partial charge in [0, 0.05) is 27.8 Å². The molecule has 0 aliphatic heterocycles. The Bertz CT molecular complexity index is 665. The minimum absolute atomic E-state index is 0.946. The molecule has 0 aliphatic rings. The van der Waals surface area contributed by atoms with Crippen molar-refractivity contribution in [1.29, 1.82) is 0 Å². The van der Waals surface area contributed by atoms with Crippen LogP contribution in [0.5, 0.6) is 0 Å². The van der Waals surface area contributed by atoms with Gasteiger partial charge in [-0.1, -0.05) is 22.0 Å². The summed E-state index contributed by atoms with van der Waals surface area (Å²) in [7, 11) is 0. The predicted octanol–water partition coefficient (Wildman–Crippen LogP) is 4.06. The lowest BCUT2D eigenvalue weighted by atomic mass is 10.1. The molecule has 82 valence electrons. The summed E-state index contributed by atoms with van der Waals surface area (Å²) in [6.07, 6.45) is 3.65. The van der Waals surface area contributed by atoms with E-state index in [2.05, 4.69) is 38.0 Å². The van der Waals surface area contributed by atoms with E-state index in [9.17, 15) is 0 Å². The summed E-state index contributed by atoms with van der Waals surface area (Å²) in [5.74, 6) is 0. The van der Waals surface area contributed by atoms with Gasteiger partial charge in [0.15, 0.2) is 0 Å². The maximum atomic E-state index is 4.44. The number of aromatic nitrogens is 2. The highest BCUT2D eigenvalue weighted by Gasteiger charge is 2.01. The van der Waals surface area contributed by atoms with E-state index in [1.54, 1.807) is 6.20 Å². The molecule has 0 amide bonds. The lowest BCUT2D eigenvalue weighted by Crippen LogP contribution is -1.85. The van der Waals surface area contributed by atoms with Crippen molar-refractivity contribution >= 4 is 26.8 Å². The topological polar surface area (TPSA) is 25.8 Å². The Kier molecular flexibility index (Phi) is 2.61. The molecule has 0 atom stereocenters. The Labute approximate surface area is 107 Å². The lowest BCUT2D eigenvalue weighted by Gasteiger charge is -2.02. The molecule has 2 nitrogen and oxygen atoms in total. The molecule has 0 N–H and O–H groups in total. The monoisotopic (exact) mass is 284 g/mol. The SMILES string of the molecule is Brc1ccc2ncc(-c3ccccn3)cc2c1. The van der Waals surface area contributed by atoms with Crippen molar-refractivity contribution in [3.63, 3.8) is 0 Å². The third-order valence-electron chi connectivity index (χ3n) is 2.60. The van der Waals surface area contributed by atoms with Crippen LogP contribution in [-0.2, 0) is 0 Å². The average Bonchev–Trinajstić information content (AvgIpc) is 2.39. The van der Waals surface area contributed by atoms with Crippen molar-refractivity contribution < 1.29 is 0 Å². The molecule has 0 saturated heterocycles. The molecule has 0 bridgehead atoms. The number of fused-ring (bicyclic) bond motifs is 1. The summed E-state index contributed by atoms with van der Waals surface area (Å²) < 4.78 is 1.06. The highest BCUT2D eigenvalue weighted by molar-refractivity contribution is 9.10. The van der Waals surface area contributed by atoms with E-state index < -0.39 is 0 Å². The van der Waals surface area contributed by atoms with Crippen molar-refractivity contribution in [2.75, 3.05) is 0 Å². The predicted molar refractivity (Wildman–Crippen MR) is 72.7 cm³/mol. The number of hydrogen-bond acceptors (Lipinski definition) is 2. The normalized spacial score (nSPS) is 10.6. The summed E-state index contributed by atoms with van der Waals surface area (Å²) in [4.78, 5) is 8.76. The van der Waals surface area contributed by atoms with Crippen molar-refractivity contribution in [3.05, 3.63) is 59.3 Å². The van der Waals surface area contributed by atoms with Crippen LogP contribution in [0.4, 0.5) is 0 Å². The highest BCUT2D eigenvalue weighted by Crippen LogP contribution is 2.23. The molecule has 3 rings (SSSR count). The van der Waals surface area contributed by atoms with Gasteiger partial charge in [0.05, 0.1) is 11.2 Å². The smallest absolute Gasteiger partial charge is 0.0717 e. The van der Waals surface area contributed by atoms with Crippen molar-refractivity contribution in [2.45, 2.75) is 0 Å². The molecule has 0 spiro atoms.